The van der Waals surface area contributed by atoms with Crippen LogP contribution in [0.2, 0.25) is 0 Å². The molecular weight excluding hydrogens is 650 g/mol. The minimum Gasteiger partial charge on any atom is -0.479 e. The second-order valence-corrected chi connectivity index (χ2v) is 11.9. The Kier molecular flexibility index (Phi) is 10.9. The highest BCUT2D eigenvalue weighted by atomic mass is 32.3. The summed E-state index contributed by atoms with van der Waals surface area (Å²) in [5, 5.41) is 20.2. The maximum absolute atomic E-state index is 11.8. The van der Waals surface area contributed by atoms with Crippen LogP contribution >= 0.6 is 0 Å². The zero-order chi connectivity index (χ0) is 30.8. The molecule has 0 aliphatic carbocycles. The Labute approximate surface area is 225 Å². The highest BCUT2D eigenvalue weighted by Crippen LogP contribution is 2.32. The molecule has 0 saturated carbocycles. The van der Waals surface area contributed by atoms with E-state index in [1.807, 2.05) is 0 Å². The second kappa shape index (κ2) is 12.7. The van der Waals surface area contributed by atoms with Crippen molar-refractivity contribution in [1.82, 2.24) is 4.72 Å². The first kappa shape index (κ1) is 34.5. The Morgan fingerprint density at radius 3 is 1.95 bits per heavy atom. The Morgan fingerprint density at radius 2 is 1.50 bits per heavy atom. The number of ether oxygens (including phenoxy) is 4. The Hall–Kier alpha value is -1.67. The summed E-state index contributed by atoms with van der Waals surface area (Å²) in [5.41, 5.74) is 0. The van der Waals surface area contributed by atoms with Gasteiger partial charge in [0.1, 0.15) is 36.7 Å². The number of hydrogen-bond acceptors (Lipinski definition) is 17. The van der Waals surface area contributed by atoms with Crippen LogP contribution in [0.15, 0.2) is 11.8 Å². The predicted octanol–water partition coefficient (Wildman–Crippen LogP) is -4.61. The number of aliphatic hydroxyl groups is 1. The molecule has 234 valence electrons. The molecule has 0 aromatic rings. The van der Waals surface area contributed by atoms with Gasteiger partial charge in [-0.25, -0.2) is 17.3 Å². The summed E-state index contributed by atoms with van der Waals surface area (Å²) in [7, 11) is -20.6. The molecule has 1 fully saturated rings. The van der Waals surface area contributed by atoms with E-state index in [9.17, 15) is 53.2 Å². The predicted molar refractivity (Wildman–Crippen MR) is 116 cm³/mol. The molecule has 8 atom stereocenters. The summed E-state index contributed by atoms with van der Waals surface area (Å²) in [6.45, 7) is -1.30. The standard InChI is InChI=1S/C13H21NO22S4/c1-30-13-9(36-40(27,28)29)7(15)8(10(34-13)11(16)17)33-12-6(14-37(18,19)20)5(35-39(24,25)26)2-4(32-12)3-31-38(21,22)23/h2,5-10,12-15H,3H2,1H3,(H,16,17)(H,18,19,20)(H,21,22,23)(H,24,25,26)(H,27,28,29)/t5-,6+,7-,8-,9+,10+,12+,13+/m0/s1. The lowest BCUT2D eigenvalue weighted by atomic mass is 9.98. The van der Waals surface area contributed by atoms with Gasteiger partial charge in [0.15, 0.2) is 18.5 Å². The van der Waals surface area contributed by atoms with E-state index in [2.05, 4.69) is 12.5 Å². The average molecular weight is 672 g/mol. The number of aliphatic hydroxyl groups excluding tert-OH is 1. The quantitative estimate of drug-likeness (QED) is 0.0905. The minimum atomic E-state index is -5.49. The highest BCUT2D eigenvalue weighted by molar-refractivity contribution is 7.83. The Morgan fingerprint density at radius 1 is 0.925 bits per heavy atom. The zero-order valence-electron chi connectivity index (χ0n) is 19.3. The molecule has 2 rings (SSSR count). The number of aliphatic carboxylic acids is 1. The van der Waals surface area contributed by atoms with Crippen molar-refractivity contribution in [2.75, 3.05) is 13.7 Å². The largest absolute Gasteiger partial charge is 0.479 e. The van der Waals surface area contributed by atoms with E-state index in [0.717, 1.165) is 7.11 Å². The first-order valence-electron chi connectivity index (χ1n) is 9.79. The molecule has 40 heavy (non-hydrogen) atoms. The highest BCUT2D eigenvalue weighted by Gasteiger charge is 2.54. The lowest BCUT2D eigenvalue weighted by Crippen LogP contribution is -2.65. The van der Waals surface area contributed by atoms with Gasteiger partial charge >= 0.3 is 47.5 Å². The zero-order valence-corrected chi connectivity index (χ0v) is 22.5. The summed E-state index contributed by atoms with van der Waals surface area (Å²) in [6, 6.07) is -2.34. The van der Waals surface area contributed by atoms with E-state index in [0.29, 0.717) is 6.08 Å². The van der Waals surface area contributed by atoms with Crippen LogP contribution in [0.1, 0.15) is 0 Å². The van der Waals surface area contributed by atoms with Crippen LogP contribution in [0, 0.1) is 0 Å². The van der Waals surface area contributed by atoms with Crippen molar-refractivity contribution in [2.24, 2.45) is 0 Å². The van der Waals surface area contributed by atoms with Gasteiger partial charge in [0, 0.05) is 7.11 Å². The number of methoxy groups -OCH3 is 1. The first-order chi connectivity index (χ1) is 18.0. The van der Waals surface area contributed by atoms with Gasteiger partial charge in [-0.15, -0.1) is 0 Å². The molecule has 27 heteroatoms. The maximum atomic E-state index is 11.8. The van der Waals surface area contributed by atoms with Gasteiger partial charge in [-0.1, -0.05) is 0 Å². The molecule has 0 aromatic carbocycles. The Bertz CT molecular complexity index is 1390. The van der Waals surface area contributed by atoms with Crippen molar-refractivity contribution < 1.29 is 98.4 Å². The molecule has 2 heterocycles. The summed E-state index contributed by atoms with van der Waals surface area (Å²) in [6.07, 6.45) is -15.8. The van der Waals surface area contributed by atoms with Crippen LogP contribution in [0.25, 0.3) is 0 Å². The number of carbonyl (C=O) groups is 1. The number of nitrogens with one attached hydrogen (secondary N) is 1. The van der Waals surface area contributed by atoms with Crippen LogP contribution in [0.4, 0.5) is 0 Å². The topological polar surface area (TPSA) is 352 Å². The van der Waals surface area contributed by atoms with E-state index in [1.165, 1.54) is 4.72 Å². The van der Waals surface area contributed by atoms with Gasteiger partial charge in [0.05, 0.1) is 0 Å². The molecule has 0 spiro atoms. The fourth-order valence-electron chi connectivity index (χ4n) is 3.32. The third-order valence-electron chi connectivity index (χ3n) is 4.65. The maximum Gasteiger partial charge on any atom is 0.397 e. The number of carboxylic acids is 1. The number of hydrogen-bond donors (Lipinski definition) is 7. The molecule has 2 aliphatic heterocycles. The molecule has 0 aromatic heterocycles. The summed E-state index contributed by atoms with van der Waals surface area (Å²) < 4.78 is 160. The molecule has 0 bridgehead atoms. The first-order valence-corrected chi connectivity index (χ1v) is 15.3. The fourth-order valence-corrected chi connectivity index (χ4v) is 5.11. The molecule has 0 unspecified atom stereocenters. The van der Waals surface area contributed by atoms with E-state index < -0.39 is 109 Å². The monoisotopic (exact) mass is 671 g/mol. The van der Waals surface area contributed by atoms with Crippen LogP contribution in [-0.4, -0.2) is 131 Å². The van der Waals surface area contributed by atoms with Gasteiger partial charge < -0.3 is 29.2 Å². The van der Waals surface area contributed by atoms with E-state index in [4.69, 9.17) is 32.6 Å². The average Bonchev–Trinajstić information content (AvgIpc) is 2.73. The van der Waals surface area contributed by atoms with Crippen molar-refractivity contribution in [2.45, 2.75) is 49.1 Å². The Balaban J connectivity index is 2.58. The van der Waals surface area contributed by atoms with E-state index in [-0.39, 0.29) is 0 Å². The molecule has 0 radical (unpaired) electrons. The third-order valence-corrected chi connectivity index (χ3v) is 6.57. The number of rotatable bonds is 13. The lowest BCUT2D eigenvalue weighted by Gasteiger charge is -2.44. The number of carboxylic acid groups (broad SMARTS) is 1. The molecule has 23 nitrogen and oxygen atoms in total. The van der Waals surface area contributed by atoms with Crippen LogP contribution in [0.3, 0.4) is 0 Å². The van der Waals surface area contributed by atoms with Crippen molar-refractivity contribution in [1.29, 1.82) is 0 Å². The molecule has 0 amide bonds. The van der Waals surface area contributed by atoms with E-state index in [1.54, 1.807) is 0 Å². The van der Waals surface area contributed by atoms with Gasteiger partial charge in [0.2, 0.25) is 6.29 Å². The molecule has 2 aliphatic rings. The minimum absolute atomic E-state index is 0.454. The molecule has 7 N–H and O–H groups in total. The van der Waals surface area contributed by atoms with Crippen molar-refractivity contribution in [3.05, 3.63) is 11.8 Å². The van der Waals surface area contributed by atoms with Crippen molar-refractivity contribution >= 4 is 47.5 Å². The van der Waals surface area contributed by atoms with Crippen LogP contribution in [0.5, 0.6) is 0 Å². The summed E-state index contributed by atoms with van der Waals surface area (Å²) >= 11 is 0. The van der Waals surface area contributed by atoms with E-state index >= 15 is 0 Å². The molecular formula is C13H21NO22S4. The van der Waals surface area contributed by atoms with Gasteiger partial charge in [-0.3, -0.25) is 18.2 Å². The van der Waals surface area contributed by atoms with Gasteiger partial charge in [-0.2, -0.15) is 38.4 Å². The van der Waals surface area contributed by atoms with Gasteiger partial charge in [-0.05, 0) is 6.08 Å². The smallest absolute Gasteiger partial charge is 0.397 e. The SMILES string of the molecule is CO[C@@H]1O[C@@H](C(=O)O)[C@@H](O[C@H]2OC(COS(=O)(=O)O)=C[C@H](OS(=O)(=O)O)[C@H]2NS(=O)(=O)O)[C@H](O)[C@H]1OS(=O)(=O)O. The summed E-state index contributed by atoms with van der Waals surface area (Å²) in [4.78, 5) is 11.8. The third kappa shape index (κ3) is 10.6. The lowest BCUT2D eigenvalue weighted by molar-refractivity contribution is -0.312. The van der Waals surface area contributed by atoms with Gasteiger partial charge in [0.25, 0.3) is 0 Å². The summed E-state index contributed by atoms with van der Waals surface area (Å²) in [5.74, 6) is -2.80. The van der Waals surface area contributed by atoms with Crippen molar-refractivity contribution in [3.63, 3.8) is 0 Å². The van der Waals surface area contributed by atoms with Crippen LogP contribution in [-0.2, 0) is 77.8 Å². The fraction of sp³-hybridized carbons (Fsp3) is 0.769. The normalized spacial score (nSPS) is 32.2. The van der Waals surface area contributed by atoms with Crippen molar-refractivity contribution in [3.8, 4) is 0 Å². The second-order valence-electron chi connectivity index (χ2n) is 7.50. The van der Waals surface area contributed by atoms with Crippen LogP contribution < -0.4 is 4.72 Å². The molecule has 1 saturated heterocycles.